The van der Waals surface area contributed by atoms with Crippen LogP contribution in [0.15, 0.2) is 12.1 Å². The molecule has 0 aliphatic heterocycles. The van der Waals surface area contributed by atoms with Gasteiger partial charge in [0.05, 0.1) is 0 Å². The van der Waals surface area contributed by atoms with Gasteiger partial charge in [0.2, 0.25) is 0 Å². The Morgan fingerprint density at radius 3 is 2.55 bits per heavy atom. The summed E-state index contributed by atoms with van der Waals surface area (Å²) < 4.78 is 13.0. The molecule has 0 aromatic heterocycles. The number of aromatic hydroxyl groups is 1. The third kappa shape index (κ3) is 1.50. The number of hydrogen-bond donors (Lipinski definition) is 1. The average Bonchev–Trinajstić information content (AvgIpc) is 1.85. The SMILES string of the molecule is CCc1c(C)cc(O)cc1F. The van der Waals surface area contributed by atoms with Crippen LogP contribution in [0, 0.1) is 12.7 Å². The molecule has 0 atom stereocenters. The van der Waals surface area contributed by atoms with Crippen LogP contribution in [0.25, 0.3) is 0 Å². The molecule has 0 saturated heterocycles. The van der Waals surface area contributed by atoms with Crippen molar-refractivity contribution < 1.29 is 9.50 Å². The Morgan fingerprint density at radius 1 is 1.45 bits per heavy atom. The fourth-order valence-electron chi connectivity index (χ4n) is 1.20. The molecule has 0 unspecified atom stereocenters. The van der Waals surface area contributed by atoms with Crippen LogP contribution in [0.5, 0.6) is 5.75 Å². The van der Waals surface area contributed by atoms with Crippen LogP contribution in [0.3, 0.4) is 0 Å². The second-order valence-electron chi connectivity index (χ2n) is 2.58. The summed E-state index contributed by atoms with van der Waals surface area (Å²) in [5, 5.41) is 8.97. The standard InChI is InChI=1S/C9H11FO/c1-3-8-6(2)4-7(11)5-9(8)10/h4-5,11H,3H2,1-2H3. The normalized spacial score (nSPS) is 10.1. The minimum absolute atomic E-state index is 0.00259. The van der Waals surface area contributed by atoms with Crippen molar-refractivity contribution in [2.24, 2.45) is 0 Å². The second-order valence-corrected chi connectivity index (χ2v) is 2.58. The van der Waals surface area contributed by atoms with Crippen molar-refractivity contribution in [1.29, 1.82) is 0 Å². The highest BCUT2D eigenvalue weighted by molar-refractivity contribution is 5.35. The lowest BCUT2D eigenvalue weighted by molar-refractivity contribution is 0.467. The molecule has 0 heterocycles. The Morgan fingerprint density at radius 2 is 2.09 bits per heavy atom. The van der Waals surface area contributed by atoms with E-state index in [1.54, 1.807) is 13.0 Å². The van der Waals surface area contributed by atoms with Gasteiger partial charge in [-0.2, -0.15) is 0 Å². The number of halogens is 1. The summed E-state index contributed by atoms with van der Waals surface area (Å²) in [5.41, 5.74) is 1.49. The Kier molecular flexibility index (Phi) is 2.13. The number of rotatable bonds is 1. The van der Waals surface area contributed by atoms with Gasteiger partial charge in [-0.3, -0.25) is 0 Å². The highest BCUT2D eigenvalue weighted by Crippen LogP contribution is 2.19. The summed E-state index contributed by atoms with van der Waals surface area (Å²) in [4.78, 5) is 0. The summed E-state index contributed by atoms with van der Waals surface area (Å²) >= 11 is 0. The van der Waals surface area contributed by atoms with Crippen molar-refractivity contribution in [2.75, 3.05) is 0 Å². The van der Waals surface area contributed by atoms with E-state index < -0.39 is 0 Å². The van der Waals surface area contributed by atoms with Crippen LogP contribution in [0.4, 0.5) is 4.39 Å². The monoisotopic (exact) mass is 154 g/mol. The minimum Gasteiger partial charge on any atom is -0.508 e. The number of phenolic OH excluding ortho intramolecular Hbond substituents is 1. The molecule has 0 fully saturated rings. The Labute approximate surface area is 65.5 Å². The van der Waals surface area contributed by atoms with Gasteiger partial charge in [-0.1, -0.05) is 6.92 Å². The van der Waals surface area contributed by atoms with Gasteiger partial charge < -0.3 is 5.11 Å². The predicted octanol–water partition coefficient (Wildman–Crippen LogP) is 2.40. The molecule has 0 bridgehead atoms. The number of aryl methyl sites for hydroxylation is 1. The number of hydrogen-bond acceptors (Lipinski definition) is 1. The van der Waals surface area contributed by atoms with Crippen LogP contribution < -0.4 is 0 Å². The first-order chi connectivity index (χ1) is 5.15. The predicted molar refractivity (Wildman–Crippen MR) is 42.2 cm³/mol. The van der Waals surface area contributed by atoms with Gasteiger partial charge in [-0.25, -0.2) is 4.39 Å². The molecule has 0 amide bonds. The molecular formula is C9H11FO. The van der Waals surface area contributed by atoms with Gasteiger partial charge in [-0.05, 0) is 30.5 Å². The average molecular weight is 154 g/mol. The zero-order valence-corrected chi connectivity index (χ0v) is 6.69. The van der Waals surface area contributed by atoms with Gasteiger partial charge in [0, 0.05) is 6.07 Å². The molecule has 0 saturated carbocycles. The maximum atomic E-state index is 13.0. The number of phenols is 1. The van der Waals surface area contributed by atoms with Gasteiger partial charge in [0.15, 0.2) is 0 Å². The van der Waals surface area contributed by atoms with Crippen LogP contribution in [-0.4, -0.2) is 5.11 Å². The summed E-state index contributed by atoms with van der Waals surface area (Å²) in [6.07, 6.45) is 0.665. The first-order valence-electron chi connectivity index (χ1n) is 3.63. The zero-order valence-electron chi connectivity index (χ0n) is 6.69. The molecule has 60 valence electrons. The lowest BCUT2D eigenvalue weighted by atomic mass is 10.1. The van der Waals surface area contributed by atoms with Crippen LogP contribution in [0.2, 0.25) is 0 Å². The van der Waals surface area contributed by atoms with Crippen molar-refractivity contribution in [1.82, 2.24) is 0 Å². The van der Waals surface area contributed by atoms with E-state index in [4.69, 9.17) is 5.11 Å². The molecule has 0 aliphatic rings. The van der Waals surface area contributed by atoms with Crippen LogP contribution in [0.1, 0.15) is 18.1 Å². The maximum absolute atomic E-state index is 13.0. The van der Waals surface area contributed by atoms with Gasteiger partial charge in [0.1, 0.15) is 11.6 Å². The van der Waals surface area contributed by atoms with Gasteiger partial charge >= 0.3 is 0 Å². The third-order valence-corrected chi connectivity index (χ3v) is 1.76. The molecule has 0 radical (unpaired) electrons. The minimum atomic E-state index is -0.315. The molecular weight excluding hydrogens is 143 g/mol. The molecule has 1 aromatic rings. The van der Waals surface area contributed by atoms with Crippen molar-refractivity contribution >= 4 is 0 Å². The van der Waals surface area contributed by atoms with E-state index in [1.165, 1.54) is 0 Å². The topological polar surface area (TPSA) is 20.2 Å². The quantitative estimate of drug-likeness (QED) is 0.658. The molecule has 1 rings (SSSR count). The Balaban J connectivity index is 3.25. The highest BCUT2D eigenvalue weighted by atomic mass is 19.1. The fourth-order valence-corrected chi connectivity index (χ4v) is 1.20. The maximum Gasteiger partial charge on any atom is 0.130 e. The molecule has 1 nitrogen and oxygen atoms in total. The van der Waals surface area contributed by atoms with E-state index in [0.29, 0.717) is 12.0 Å². The van der Waals surface area contributed by atoms with E-state index in [0.717, 1.165) is 11.6 Å². The molecule has 0 spiro atoms. The van der Waals surface area contributed by atoms with E-state index in [9.17, 15) is 4.39 Å². The third-order valence-electron chi connectivity index (χ3n) is 1.76. The second kappa shape index (κ2) is 2.91. The van der Waals surface area contributed by atoms with Crippen molar-refractivity contribution in [2.45, 2.75) is 20.3 Å². The van der Waals surface area contributed by atoms with E-state index in [1.807, 2.05) is 6.92 Å². The summed E-state index contributed by atoms with van der Waals surface area (Å²) in [7, 11) is 0. The first kappa shape index (κ1) is 8.05. The van der Waals surface area contributed by atoms with Crippen LogP contribution >= 0.6 is 0 Å². The van der Waals surface area contributed by atoms with Crippen LogP contribution in [-0.2, 0) is 6.42 Å². The van der Waals surface area contributed by atoms with E-state index in [2.05, 4.69) is 0 Å². The zero-order chi connectivity index (χ0) is 8.43. The lowest BCUT2D eigenvalue weighted by Crippen LogP contribution is -1.91. The Hall–Kier alpha value is -1.05. The highest BCUT2D eigenvalue weighted by Gasteiger charge is 2.04. The summed E-state index contributed by atoms with van der Waals surface area (Å²) in [6.45, 7) is 3.68. The van der Waals surface area contributed by atoms with Crippen molar-refractivity contribution in [3.8, 4) is 5.75 Å². The molecule has 11 heavy (non-hydrogen) atoms. The smallest absolute Gasteiger partial charge is 0.130 e. The van der Waals surface area contributed by atoms with Gasteiger partial charge in [0.25, 0.3) is 0 Å². The van der Waals surface area contributed by atoms with E-state index in [-0.39, 0.29) is 11.6 Å². The van der Waals surface area contributed by atoms with Gasteiger partial charge in [-0.15, -0.1) is 0 Å². The largest absolute Gasteiger partial charge is 0.508 e. The first-order valence-corrected chi connectivity index (χ1v) is 3.63. The number of benzene rings is 1. The molecule has 2 heteroatoms. The molecule has 1 aromatic carbocycles. The summed E-state index contributed by atoms with van der Waals surface area (Å²) in [5.74, 6) is -0.317. The summed E-state index contributed by atoms with van der Waals surface area (Å²) in [6, 6.07) is 2.72. The molecule has 0 aliphatic carbocycles. The van der Waals surface area contributed by atoms with E-state index >= 15 is 0 Å². The molecule has 1 N–H and O–H groups in total. The lowest BCUT2D eigenvalue weighted by Gasteiger charge is -2.04. The van der Waals surface area contributed by atoms with Crippen molar-refractivity contribution in [3.63, 3.8) is 0 Å². The van der Waals surface area contributed by atoms with Crippen molar-refractivity contribution in [3.05, 3.63) is 29.1 Å². The Bertz CT molecular complexity index is 245. The fraction of sp³-hybridized carbons (Fsp3) is 0.333.